The molecule has 110 valence electrons. The number of nitrogens with two attached hydrogens (primary N) is 1. The molecule has 0 spiro atoms. The lowest BCUT2D eigenvalue weighted by molar-refractivity contribution is -0.119. The molecule has 1 aromatic carbocycles. The van der Waals surface area contributed by atoms with Crippen molar-refractivity contribution in [2.24, 2.45) is 0 Å². The van der Waals surface area contributed by atoms with E-state index in [1.807, 2.05) is 24.3 Å². The van der Waals surface area contributed by atoms with E-state index in [9.17, 15) is 4.79 Å². The van der Waals surface area contributed by atoms with Crippen LogP contribution in [0.2, 0.25) is 0 Å². The number of rotatable bonds is 4. The van der Waals surface area contributed by atoms with Crippen molar-refractivity contribution >= 4 is 23.6 Å². The summed E-state index contributed by atoms with van der Waals surface area (Å²) in [5.74, 6) is 1.32. The van der Waals surface area contributed by atoms with Gasteiger partial charge in [0.1, 0.15) is 12.4 Å². The van der Waals surface area contributed by atoms with Gasteiger partial charge < -0.3 is 15.8 Å². The Morgan fingerprint density at radius 3 is 3.19 bits per heavy atom. The van der Waals surface area contributed by atoms with Crippen molar-refractivity contribution in [1.29, 1.82) is 0 Å². The van der Waals surface area contributed by atoms with Gasteiger partial charge in [0.05, 0.1) is 11.8 Å². The van der Waals surface area contributed by atoms with Crippen LogP contribution >= 0.6 is 11.8 Å². The number of carbonyl (C=O) groups is 1. The van der Waals surface area contributed by atoms with Crippen LogP contribution in [-0.4, -0.2) is 39.5 Å². The standard InChI is InChI=1S/C13H15N5O2S/c14-12-16-13(18-17-12)21-7-11(19)15-9-5-8-3-1-2-4-10(8)20-6-9/h1-4,9H,5-7H2,(H,15,19)(H3,14,16,17,18)/t9-/m1/s1. The first kappa shape index (κ1) is 13.7. The van der Waals surface area contributed by atoms with Crippen LogP contribution in [0.3, 0.4) is 0 Å². The summed E-state index contributed by atoms with van der Waals surface area (Å²) < 4.78 is 5.64. The molecule has 1 amide bonds. The maximum Gasteiger partial charge on any atom is 0.230 e. The van der Waals surface area contributed by atoms with Gasteiger partial charge in [0.15, 0.2) is 0 Å². The Balaban J connectivity index is 1.50. The Kier molecular flexibility index (Phi) is 3.96. The molecule has 0 fully saturated rings. The number of para-hydroxylation sites is 1. The molecule has 0 unspecified atom stereocenters. The van der Waals surface area contributed by atoms with Gasteiger partial charge in [-0.05, 0) is 18.1 Å². The second-order valence-corrected chi connectivity index (χ2v) is 5.62. The normalized spacial score (nSPS) is 16.9. The highest BCUT2D eigenvalue weighted by molar-refractivity contribution is 7.99. The Morgan fingerprint density at radius 1 is 1.52 bits per heavy atom. The maximum atomic E-state index is 11.9. The highest BCUT2D eigenvalue weighted by Gasteiger charge is 2.21. The summed E-state index contributed by atoms with van der Waals surface area (Å²) in [7, 11) is 0. The summed E-state index contributed by atoms with van der Waals surface area (Å²) in [6, 6.07) is 7.85. The van der Waals surface area contributed by atoms with Crippen LogP contribution in [0.15, 0.2) is 29.4 Å². The van der Waals surface area contributed by atoms with Crippen LogP contribution < -0.4 is 15.8 Å². The van der Waals surface area contributed by atoms with Crippen LogP contribution in [0.4, 0.5) is 5.95 Å². The Bertz CT molecular complexity index is 645. The fourth-order valence-electron chi connectivity index (χ4n) is 2.14. The van der Waals surface area contributed by atoms with E-state index in [1.165, 1.54) is 11.8 Å². The molecule has 0 saturated heterocycles. The molecule has 0 bridgehead atoms. The zero-order valence-electron chi connectivity index (χ0n) is 11.2. The molecule has 0 radical (unpaired) electrons. The topological polar surface area (TPSA) is 106 Å². The number of aromatic amines is 1. The first-order valence-corrected chi connectivity index (χ1v) is 7.50. The third-order valence-electron chi connectivity index (χ3n) is 3.06. The molecule has 1 aliphatic heterocycles. The maximum absolute atomic E-state index is 11.9. The predicted molar refractivity (Wildman–Crippen MR) is 79.1 cm³/mol. The van der Waals surface area contributed by atoms with Crippen LogP contribution in [-0.2, 0) is 11.2 Å². The zero-order valence-corrected chi connectivity index (χ0v) is 12.0. The van der Waals surface area contributed by atoms with Crippen molar-refractivity contribution in [3.05, 3.63) is 29.8 Å². The van der Waals surface area contributed by atoms with Gasteiger partial charge in [-0.25, -0.2) is 5.10 Å². The van der Waals surface area contributed by atoms with Crippen LogP contribution in [0.25, 0.3) is 0 Å². The van der Waals surface area contributed by atoms with Crippen molar-refractivity contribution in [2.45, 2.75) is 17.6 Å². The molecule has 0 saturated carbocycles. The minimum absolute atomic E-state index is 0.00906. The summed E-state index contributed by atoms with van der Waals surface area (Å²) in [5.41, 5.74) is 6.53. The van der Waals surface area contributed by atoms with Gasteiger partial charge in [0, 0.05) is 0 Å². The molecule has 1 aromatic heterocycles. The predicted octanol–water partition coefficient (Wildman–Crippen LogP) is 0.599. The third kappa shape index (κ3) is 3.46. The zero-order chi connectivity index (χ0) is 14.7. The molecule has 2 aromatic rings. The first-order chi connectivity index (χ1) is 10.2. The fourth-order valence-corrected chi connectivity index (χ4v) is 2.76. The molecule has 21 heavy (non-hydrogen) atoms. The lowest BCUT2D eigenvalue weighted by Gasteiger charge is -2.25. The summed E-state index contributed by atoms with van der Waals surface area (Å²) in [6.07, 6.45) is 0.778. The minimum Gasteiger partial charge on any atom is -0.491 e. The number of carbonyl (C=O) groups excluding carboxylic acids is 1. The number of fused-ring (bicyclic) bond motifs is 1. The highest BCUT2D eigenvalue weighted by Crippen LogP contribution is 2.24. The van der Waals surface area contributed by atoms with Gasteiger partial charge >= 0.3 is 0 Å². The number of nitrogens with one attached hydrogen (secondary N) is 2. The van der Waals surface area contributed by atoms with Crippen LogP contribution in [0, 0.1) is 0 Å². The number of amides is 1. The van der Waals surface area contributed by atoms with Crippen molar-refractivity contribution in [2.75, 3.05) is 18.1 Å². The molecule has 1 aliphatic rings. The van der Waals surface area contributed by atoms with E-state index in [-0.39, 0.29) is 23.7 Å². The fraction of sp³-hybridized carbons (Fsp3) is 0.308. The molecular weight excluding hydrogens is 290 g/mol. The lowest BCUT2D eigenvalue weighted by atomic mass is 10.0. The van der Waals surface area contributed by atoms with E-state index in [4.69, 9.17) is 10.5 Å². The summed E-state index contributed by atoms with van der Waals surface area (Å²) in [5, 5.41) is 9.81. The molecular formula is C13H15N5O2S. The van der Waals surface area contributed by atoms with E-state index in [0.717, 1.165) is 17.7 Å². The van der Waals surface area contributed by atoms with Gasteiger partial charge in [-0.2, -0.15) is 4.98 Å². The molecule has 7 nitrogen and oxygen atoms in total. The van der Waals surface area contributed by atoms with E-state index in [2.05, 4.69) is 20.5 Å². The van der Waals surface area contributed by atoms with Gasteiger partial charge in [-0.1, -0.05) is 30.0 Å². The van der Waals surface area contributed by atoms with Gasteiger partial charge in [0.25, 0.3) is 0 Å². The average Bonchev–Trinajstić information content (AvgIpc) is 2.91. The Labute approximate surface area is 125 Å². The molecule has 8 heteroatoms. The molecule has 1 atom stereocenters. The molecule has 4 N–H and O–H groups in total. The van der Waals surface area contributed by atoms with Gasteiger partial charge in [-0.15, -0.1) is 5.10 Å². The number of thioether (sulfide) groups is 1. The average molecular weight is 305 g/mol. The Morgan fingerprint density at radius 2 is 2.38 bits per heavy atom. The number of hydrogen-bond donors (Lipinski definition) is 3. The van der Waals surface area contributed by atoms with E-state index < -0.39 is 0 Å². The molecule has 2 heterocycles. The van der Waals surface area contributed by atoms with Crippen molar-refractivity contribution in [1.82, 2.24) is 20.5 Å². The highest BCUT2D eigenvalue weighted by atomic mass is 32.2. The number of anilines is 1. The van der Waals surface area contributed by atoms with Gasteiger partial charge in [-0.3, -0.25) is 4.79 Å². The smallest absolute Gasteiger partial charge is 0.230 e. The van der Waals surface area contributed by atoms with Gasteiger partial charge in [0.2, 0.25) is 17.0 Å². The van der Waals surface area contributed by atoms with Crippen molar-refractivity contribution in [3.63, 3.8) is 0 Å². The number of nitrogens with zero attached hydrogens (tertiary/aromatic N) is 2. The van der Waals surface area contributed by atoms with Crippen LogP contribution in [0.5, 0.6) is 5.75 Å². The quantitative estimate of drug-likeness (QED) is 0.714. The number of nitrogen functional groups attached to an aromatic ring is 1. The number of ether oxygens (including phenoxy) is 1. The lowest BCUT2D eigenvalue weighted by Crippen LogP contribution is -2.43. The minimum atomic E-state index is -0.0728. The Hall–Kier alpha value is -2.22. The van der Waals surface area contributed by atoms with Crippen molar-refractivity contribution in [3.8, 4) is 5.75 Å². The van der Waals surface area contributed by atoms with Crippen molar-refractivity contribution < 1.29 is 9.53 Å². The second kappa shape index (κ2) is 6.04. The number of benzene rings is 1. The summed E-state index contributed by atoms with van der Waals surface area (Å²) in [4.78, 5) is 15.8. The number of aromatic nitrogens is 3. The summed E-state index contributed by atoms with van der Waals surface area (Å²) >= 11 is 1.24. The largest absolute Gasteiger partial charge is 0.491 e. The first-order valence-electron chi connectivity index (χ1n) is 6.51. The number of hydrogen-bond acceptors (Lipinski definition) is 6. The third-order valence-corrected chi connectivity index (χ3v) is 3.91. The van der Waals surface area contributed by atoms with Crippen LogP contribution in [0.1, 0.15) is 5.56 Å². The summed E-state index contributed by atoms with van der Waals surface area (Å²) in [6.45, 7) is 0.487. The SMILES string of the molecule is Nc1nc(SCC(=O)N[C@H]2COc3ccccc3C2)n[nH]1. The number of H-pyrrole nitrogens is 1. The molecule has 3 rings (SSSR count). The second-order valence-electron chi connectivity index (χ2n) is 4.68. The molecule has 0 aliphatic carbocycles. The van der Waals surface area contributed by atoms with E-state index >= 15 is 0 Å². The monoisotopic (exact) mass is 305 g/mol. The van der Waals surface area contributed by atoms with E-state index in [0.29, 0.717) is 11.8 Å². The van der Waals surface area contributed by atoms with E-state index in [1.54, 1.807) is 0 Å².